The fraction of sp³-hybridized carbons (Fsp3) is 0.352. The fourth-order valence-corrected chi connectivity index (χ4v) is 8.56. The number of aromatic nitrogens is 4. The van der Waals surface area contributed by atoms with Gasteiger partial charge in [-0.3, -0.25) is 14.4 Å². The topological polar surface area (TPSA) is 142 Å². The molecule has 3 amide bonds. The summed E-state index contributed by atoms with van der Waals surface area (Å²) in [6.45, 7) is 5.17. The lowest BCUT2D eigenvalue weighted by molar-refractivity contribution is -0.142. The van der Waals surface area contributed by atoms with Gasteiger partial charge in [0.15, 0.2) is 5.82 Å². The molecule has 0 radical (unpaired) electrons. The molecule has 3 aromatic carbocycles. The first-order valence-corrected chi connectivity index (χ1v) is 23.8. The lowest BCUT2D eigenvalue weighted by atomic mass is 10.0. The van der Waals surface area contributed by atoms with E-state index in [1.165, 1.54) is 26.2 Å². The standard InChI is InChI=1S/C19H19F3N2O2.C18H18F2N2O2.C17H16F3N3O/c1-26-12-14-9-16(23-17(10-14)19(20,21)22)15-6-4-13(5-7-15)11-24-8-2-3-18(24)25;19-18(20)15-8-7-14(11-23)17(21-15)13-5-3-12(4-6-13)10-22-9-1-2-16(22)24;1-11-9-14(17(18,19)20)22-16(21-11)13-6-4-12(5-7-13)10-23-8-2-3-15(23)24/h4-7,9-10H,2-3,8,11-12H2,1H3;3-8,18,23H,1-2,9-11H2;4-7,9H,2-3,8,10H2,1H3. The third-order valence-corrected chi connectivity index (χ3v) is 12.3. The fourth-order valence-electron chi connectivity index (χ4n) is 8.56. The van der Waals surface area contributed by atoms with Gasteiger partial charge in [0.05, 0.1) is 24.6 Å². The summed E-state index contributed by atoms with van der Waals surface area (Å²) >= 11 is 0. The van der Waals surface area contributed by atoms with E-state index in [0.717, 1.165) is 67.7 Å². The second kappa shape index (κ2) is 24.2. The van der Waals surface area contributed by atoms with Crippen molar-refractivity contribution in [3.63, 3.8) is 0 Å². The van der Waals surface area contributed by atoms with Crippen molar-refractivity contribution in [1.29, 1.82) is 0 Å². The van der Waals surface area contributed by atoms with E-state index in [1.54, 1.807) is 64.4 Å². The molecule has 3 aromatic heterocycles. The molecule has 0 spiro atoms. The number of likely N-dealkylation sites (tertiary alicyclic amines) is 3. The van der Waals surface area contributed by atoms with Crippen LogP contribution in [-0.4, -0.2) is 84.2 Å². The molecule has 0 unspecified atom stereocenters. The average molecular weight is 1030 g/mol. The van der Waals surface area contributed by atoms with Crippen LogP contribution in [0.15, 0.2) is 103 Å². The van der Waals surface area contributed by atoms with E-state index in [1.807, 2.05) is 29.2 Å². The van der Waals surface area contributed by atoms with Gasteiger partial charge in [-0.15, -0.1) is 0 Å². The summed E-state index contributed by atoms with van der Waals surface area (Å²) in [5.41, 5.74) is 4.20. The van der Waals surface area contributed by atoms with Crippen molar-refractivity contribution in [1.82, 2.24) is 34.6 Å². The highest BCUT2D eigenvalue weighted by Gasteiger charge is 2.34. The van der Waals surface area contributed by atoms with Crippen molar-refractivity contribution >= 4 is 17.7 Å². The summed E-state index contributed by atoms with van der Waals surface area (Å²) in [6, 6.07) is 27.6. The molecule has 0 aliphatic carbocycles. The van der Waals surface area contributed by atoms with Crippen LogP contribution in [0.25, 0.3) is 33.9 Å². The number of aliphatic hydroxyl groups excluding tert-OH is 1. The van der Waals surface area contributed by atoms with Crippen LogP contribution in [0.3, 0.4) is 0 Å². The van der Waals surface area contributed by atoms with Crippen molar-refractivity contribution in [2.45, 2.75) is 97.1 Å². The Kier molecular flexibility index (Phi) is 17.9. The Hall–Kier alpha value is -7.19. The smallest absolute Gasteiger partial charge is 0.392 e. The Morgan fingerprint density at radius 3 is 1.45 bits per heavy atom. The van der Waals surface area contributed by atoms with Crippen molar-refractivity contribution < 1.29 is 59.4 Å². The normalized spacial score (nSPS) is 14.9. The van der Waals surface area contributed by atoms with Crippen LogP contribution in [0, 0.1) is 6.92 Å². The van der Waals surface area contributed by atoms with Gasteiger partial charge in [0.1, 0.15) is 17.1 Å². The van der Waals surface area contributed by atoms with Crippen LogP contribution in [0.5, 0.6) is 0 Å². The minimum Gasteiger partial charge on any atom is -0.392 e. The average Bonchev–Trinajstić information content (AvgIpc) is 4.11. The molecule has 3 aliphatic rings. The predicted octanol–water partition coefficient (Wildman–Crippen LogP) is 10.9. The third-order valence-electron chi connectivity index (χ3n) is 12.3. The minimum atomic E-state index is -4.52. The monoisotopic (exact) mass is 1030 g/mol. The zero-order valence-corrected chi connectivity index (χ0v) is 40.5. The molecule has 20 heteroatoms. The number of hydrogen-bond donors (Lipinski definition) is 1. The van der Waals surface area contributed by atoms with Crippen molar-refractivity contribution in [3.05, 3.63) is 154 Å². The van der Waals surface area contributed by atoms with Crippen molar-refractivity contribution in [3.8, 4) is 33.9 Å². The summed E-state index contributed by atoms with van der Waals surface area (Å²) < 4.78 is 109. The third kappa shape index (κ3) is 14.5. The maximum atomic E-state index is 13.1. The van der Waals surface area contributed by atoms with Crippen molar-refractivity contribution in [2.75, 3.05) is 26.7 Å². The van der Waals surface area contributed by atoms with E-state index >= 15 is 0 Å². The number of aryl methyl sites for hydroxylation is 1. The van der Waals surface area contributed by atoms with Gasteiger partial charge in [0.2, 0.25) is 17.7 Å². The second-order valence-corrected chi connectivity index (χ2v) is 17.9. The lowest BCUT2D eigenvalue weighted by Crippen LogP contribution is -2.23. The van der Waals surface area contributed by atoms with Crippen molar-refractivity contribution in [2.24, 2.45) is 0 Å². The molecule has 390 valence electrons. The summed E-state index contributed by atoms with van der Waals surface area (Å²) in [5.74, 6) is 0.479. The molecule has 74 heavy (non-hydrogen) atoms. The van der Waals surface area contributed by atoms with Crippen LogP contribution in [0.4, 0.5) is 35.1 Å². The number of carbonyl (C=O) groups is 3. The molecule has 12 nitrogen and oxygen atoms in total. The van der Waals surface area contributed by atoms with Gasteiger partial charge in [-0.05, 0) is 72.7 Å². The number of aliphatic hydroxyl groups is 1. The number of nitrogens with zero attached hydrogens (tertiary/aromatic N) is 7. The van der Waals surface area contributed by atoms with E-state index in [-0.39, 0.29) is 53.8 Å². The van der Waals surface area contributed by atoms with Gasteiger partial charge in [-0.25, -0.2) is 28.7 Å². The first kappa shape index (κ1) is 54.6. The molecule has 3 aliphatic heterocycles. The van der Waals surface area contributed by atoms with E-state index < -0.39 is 30.2 Å². The van der Waals surface area contributed by atoms with Crippen LogP contribution < -0.4 is 0 Å². The molecule has 6 aromatic rings. The number of benzene rings is 3. The van der Waals surface area contributed by atoms with Gasteiger partial charge < -0.3 is 24.5 Å². The maximum absolute atomic E-state index is 13.1. The highest BCUT2D eigenvalue weighted by atomic mass is 19.4. The van der Waals surface area contributed by atoms with Crippen LogP contribution in [-0.2, 0) is 64.3 Å². The Balaban J connectivity index is 0.000000162. The molecule has 6 heterocycles. The van der Waals surface area contributed by atoms with Gasteiger partial charge in [0, 0.05) is 93.6 Å². The van der Waals surface area contributed by atoms with Gasteiger partial charge in [0.25, 0.3) is 6.43 Å². The van der Waals surface area contributed by atoms with E-state index in [9.17, 15) is 54.6 Å². The van der Waals surface area contributed by atoms with Crippen LogP contribution in [0.1, 0.15) is 95.5 Å². The number of pyridine rings is 2. The summed E-state index contributed by atoms with van der Waals surface area (Å²) in [5, 5.41) is 9.41. The number of hydrogen-bond acceptors (Lipinski definition) is 9. The van der Waals surface area contributed by atoms with Crippen LogP contribution >= 0.6 is 0 Å². The number of amides is 3. The molecule has 0 saturated carbocycles. The SMILES string of the molecule is COCc1cc(-c2ccc(CN3CCCC3=O)cc2)nc(C(F)(F)F)c1.Cc1cc(C(F)(F)F)nc(-c2ccc(CN3CCCC3=O)cc2)n1.O=C1CCCN1Cc1ccc(-c2nc(C(F)F)ccc2CO)cc1. The van der Waals surface area contributed by atoms with E-state index in [2.05, 4.69) is 19.9 Å². The minimum absolute atomic E-state index is 0.0473. The highest BCUT2D eigenvalue weighted by molar-refractivity contribution is 5.79. The zero-order chi connectivity index (χ0) is 53.2. The van der Waals surface area contributed by atoms with Crippen LogP contribution in [0.2, 0.25) is 0 Å². The molecule has 0 bridgehead atoms. The summed E-state index contributed by atoms with van der Waals surface area (Å²) in [4.78, 5) is 55.8. The Morgan fingerprint density at radius 1 is 0.568 bits per heavy atom. The molecular formula is C54H53F8N7O5. The van der Waals surface area contributed by atoms with Gasteiger partial charge in [-0.2, -0.15) is 26.3 Å². The Bertz CT molecular complexity index is 2900. The summed E-state index contributed by atoms with van der Waals surface area (Å²) in [7, 11) is 1.43. The molecule has 0 atom stereocenters. The first-order chi connectivity index (χ1) is 35.3. The largest absolute Gasteiger partial charge is 0.433 e. The van der Waals surface area contributed by atoms with Gasteiger partial charge >= 0.3 is 12.4 Å². The predicted molar refractivity (Wildman–Crippen MR) is 257 cm³/mol. The molecular weight excluding hydrogens is 979 g/mol. The maximum Gasteiger partial charge on any atom is 0.433 e. The molecule has 1 N–H and O–H groups in total. The summed E-state index contributed by atoms with van der Waals surface area (Å²) in [6.07, 6.45) is -7.29. The number of rotatable bonds is 13. The quantitative estimate of drug-likeness (QED) is 0.112. The second-order valence-electron chi connectivity index (χ2n) is 17.9. The molecule has 3 saturated heterocycles. The lowest BCUT2D eigenvalue weighted by Gasteiger charge is -2.16. The molecule has 3 fully saturated rings. The Labute approximate surface area is 422 Å². The number of alkyl halides is 8. The van der Waals surface area contributed by atoms with E-state index in [4.69, 9.17) is 4.74 Å². The van der Waals surface area contributed by atoms with E-state index in [0.29, 0.717) is 72.4 Å². The number of methoxy groups -OCH3 is 1. The number of halogens is 8. The Morgan fingerprint density at radius 2 is 1.03 bits per heavy atom. The van der Waals surface area contributed by atoms with Gasteiger partial charge in [-0.1, -0.05) is 78.9 Å². The number of carbonyl (C=O) groups excluding carboxylic acids is 3. The molecule has 9 rings (SSSR count). The zero-order valence-electron chi connectivity index (χ0n) is 40.5. The highest BCUT2D eigenvalue weighted by Crippen LogP contribution is 2.33. The first-order valence-electron chi connectivity index (χ1n) is 23.8. The number of ether oxygens (including phenoxy) is 1.